The molecule has 1 aromatic heterocycles. The van der Waals surface area contributed by atoms with Gasteiger partial charge in [0.25, 0.3) is 10.0 Å². The van der Waals surface area contributed by atoms with E-state index >= 15 is 0 Å². The summed E-state index contributed by atoms with van der Waals surface area (Å²) in [6.07, 6.45) is 2.50. The quantitative estimate of drug-likeness (QED) is 0.873. The van der Waals surface area contributed by atoms with Crippen molar-refractivity contribution in [2.24, 2.45) is 0 Å². The molecule has 0 aliphatic heterocycles. The Hall–Kier alpha value is -2.33. The van der Waals surface area contributed by atoms with Crippen LogP contribution in [-0.2, 0) is 10.0 Å². The summed E-state index contributed by atoms with van der Waals surface area (Å²) in [5.74, 6) is 0. The van der Waals surface area contributed by atoms with Crippen LogP contribution in [0.4, 0.5) is 5.69 Å². The number of nitrogens with zero attached hydrogens (tertiary/aromatic N) is 2. The van der Waals surface area contributed by atoms with Gasteiger partial charge in [0.15, 0.2) is 5.03 Å². The van der Waals surface area contributed by atoms with Gasteiger partial charge in [-0.3, -0.25) is 4.72 Å². The fourth-order valence-electron chi connectivity index (χ4n) is 1.39. The van der Waals surface area contributed by atoms with Gasteiger partial charge in [0.05, 0.1) is 29.8 Å². The zero-order chi connectivity index (χ0) is 13.2. The number of sulfonamides is 1. The first kappa shape index (κ1) is 12.1. The normalized spacial score (nSPS) is 10.9. The Labute approximate surface area is 104 Å². The Morgan fingerprint density at radius 1 is 1.44 bits per heavy atom. The molecule has 0 radical (unpaired) electrons. The van der Waals surface area contributed by atoms with E-state index in [0.29, 0.717) is 11.3 Å². The molecule has 0 bridgehead atoms. The molecule has 2 rings (SSSR count). The van der Waals surface area contributed by atoms with Crippen molar-refractivity contribution in [3.05, 3.63) is 41.9 Å². The number of hydrogen-bond acceptors (Lipinski definition) is 4. The summed E-state index contributed by atoms with van der Waals surface area (Å²) >= 11 is 0. The van der Waals surface area contributed by atoms with Crippen LogP contribution < -0.4 is 4.72 Å². The fraction of sp³-hybridized carbons (Fsp3) is 0.0909. The number of H-pyrrole nitrogens is 1. The Morgan fingerprint density at radius 2 is 2.22 bits per heavy atom. The van der Waals surface area contributed by atoms with Crippen LogP contribution >= 0.6 is 0 Å². The van der Waals surface area contributed by atoms with Crippen LogP contribution in [0.1, 0.15) is 11.1 Å². The molecule has 0 aliphatic carbocycles. The maximum atomic E-state index is 11.9. The molecule has 0 spiro atoms. The first-order chi connectivity index (χ1) is 8.53. The van der Waals surface area contributed by atoms with E-state index in [1.54, 1.807) is 19.1 Å². The van der Waals surface area contributed by atoms with Crippen LogP contribution in [0.25, 0.3) is 0 Å². The zero-order valence-electron chi connectivity index (χ0n) is 9.51. The highest BCUT2D eigenvalue weighted by Crippen LogP contribution is 2.19. The third-order valence-corrected chi connectivity index (χ3v) is 3.66. The molecule has 2 N–H and O–H groups in total. The van der Waals surface area contributed by atoms with Crippen molar-refractivity contribution in [1.29, 1.82) is 5.26 Å². The lowest BCUT2D eigenvalue weighted by Gasteiger charge is -2.09. The molecule has 0 saturated carbocycles. The van der Waals surface area contributed by atoms with Crippen LogP contribution in [0.5, 0.6) is 0 Å². The van der Waals surface area contributed by atoms with Crippen molar-refractivity contribution in [1.82, 2.24) is 9.97 Å². The average molecular weight is 262 g/mol. The minimum absolute atomic E-state index is 0.0238. The summed E-state index contributed by atoms with van der Waals surface area (Å²) in [4.78, 5) is 6.18. The average Bonchev–Trinajstić information content (AvgIpc) is 2.86. The van der Waals surface area contributed by atoms with Gasteiger partial charge >= 0.3 is 0 Å². The van der Waals surface area contributed by atoms with E-state index in [1.807, 2.05) is 6.07 Å². The van der Waals surface area contributed by atoms with Gasteiger partial charge in [-0.15, -0.1) is 0 Å². The molecule has 7 heteroatoms. The molecule has 0 saturated heterocycles. The number of nitriles is 1. The number of aromatic amines is 1. The number of nitrogens with one attached hydrogen (secondary N) is 2. The molecular weight excluding hydrogens is 252 g/mol. The SMILES string of the molecule is Cc1ccc(C#N)cc1NS(=O)(=O)c1cnc[nH]1. The summed E-state index contributed by atoms with van der Waals surface area (Å²) < 4.78 is 26.3. The van der Waals surface area contributed by atoms with E-state index in [-0.39, 0.29) is 5.03 Å². The minimum Gasteiger partial charge on any atom is -0.334 e. The van der Waals surface area contributed by atoms with Crippen LogP contribution in [0.2, 0.25) is 0 Å². The molecule has 0 aliphatic rings. The van der Waals surface area contributed by atoms with Crippen molar-refractivity contribution in [2.45, 2.75) is 11.9 Å². The van der Waals surface area contributed by atoms with Gasteiger partial charge in [0.2, 0.25) is 0 Å². The van der Waals surface area contributed by atoms with Gasteiger partial charge in [-0.25, -0.2) is 4.98 Å². The number of anilines is 1. The first-order valence-corrected chi connectivity index (χ1v) is 6.53. The summed E-state index contributed by atoms with van der Waals surface area (Å²) in [5, 5.41) is 8.77. The van der Waals surface area contributed by atoms with Gasteiger partial charge < -0.3 is 4.98 Å². The Bertz CT molecular complexity index is 699. The summed E-state index contributed by atoms with van der Waals surface area (Å²) in [5.41, 5.74) is 1.50. The van der Waals surface area contributed by atoms with E-state index < -0.39 is 10.0 Å². The third kappa shape index (κ3) is 2.33. The van der Waals surface area contributed by atoms with E-state index in [1.165, 1.54) is 18.6 Å². The van der Waals surface area contributed by atoms with Crippen LogP contribution in [0.3, 0.4) is 0 Å². The van der Waals surface area contributed by atoms with Gasteiger partial charge in [-0.05, 0) is 24.6 Å². The van der Waals surface area contributed by atoms with Crippen molar-refractivity contribution in [3.63, 3.8) is 0 Å². The minimum atomic E-state index is -3.69. The lowest BCUT2D eigenvalue weighted by atomic mass is 10.1. The summed E-state index contributed by atoms with van der Waals surface area (Å²) in [6.45, 7) is 1.76. The number of hydrogen-bond donors (Lipinski definition) is 2. The largest absolute Gasteiger partial charge is 0.334 e. The third-order valence-electron chi connectivity index (χ3n) is 2.37. The van der Waals surface area contributed by atoms with E-state index in [9.17, 15) is 8.42 Å². The zero-order valence-corrected chi connectivity index (χ0v) is 10.3. The van der Waals surface area contributed by atoms with Crippen molar-refractivity contribution >= 4 is 15.7 Å². The van der Waals surface area contributed by atoms with Gasteiger partial charge in [0, 0.05) is 0 Å². The molecular formula is C11H10N4O2S. The predicted octanol–water partition coefficient (Wildman–Crippen LogP) is 1.39. The molecule has 0 fully saturated rings. The molecule has 0 unspecified atom stereocenters. The van der Waals surface area contributed by atoms with Gasteiger partial charge in [-0.1, -0.05) is 6.07 Å². The number of benzene rings is 1. The topological polar surface area (TPSA) is 98.6 Å². The Kier molecular flexibility index (Phi) is 3.04. The highest BCUT2D eigenvalue weighted by molar-refractivity contribution is 7.92. The van der Waals surface area contributed by atoms with Crippen molar-refractivity contribution in [3.8, 4) is 6.07 Å². The van der Waals surface area contributed by atoms with E-state index in [4.69, 9.17) is 5.26 Å². The fourth-order valence-corrected chi connectivity index (χ4v) is 2.42. The summed E-state index contributed by atoms with van der Waals surface area (Å²) in [7, 11) is -3.69. The monoisotopic (exact) mass is 262 g/mol. The van der Waals surface area contributed by atoms with Crippen molar-refractivity contribution < 1.29 is 8.42 Å². The van der Waals surface area contributed by atoms with Gasteiger partial charge in [-0.2, -0.15) is 13.7 Å². The smallest absolute Gasteiger partial charge is 0.278 e. The Balaban J connectivity index is 2.38. The number of imidazole rings is 1. The van der Waals surface area contributed by atoms with Crippen LogP contribution in [0.15, 0.2) is 35.7 Å². The molecule has 6 nitrogen and oxygen atoms in total. The van der Waals surface area contributed by atoms with Crippen LogP contribution in [0, 0.1) is 18.3 Å². The molecule has 1 aromatic carbocycles. The first-order valence-electron chi connectivity index (χ1n) is 5.05. The molecule has 18 heavy (non-hydrogen) atoms. The van der Waals surface area contributed by atoms with Gasteiger partial charge in [0.1, 0.15) is 0 Å². The highest BCUT2D eigenvalue weighted by atomic mass is 32.2. The lowest BCUT2D eigenvalue weighted by Crippen LogP contribution is -2.14. The number of rotatable bonds is 3. The maximum Gasteiger partial charge on any atom is 0.278 e. The molecule has 92 valence electrons. The number of aryl methyl sites for hydroxylation is 1. The summed E-state index contributed by atoms with van der Waals surface area (Å²) in [6, 6.07) is 6.76. The second kappa shape index (κ2) is 4.50. The molecule has 1 heterocycles. The standard InChI is InChI=1S/C11H10N4O2S/c1-8-2-3-9(5-12)4-10(8)15-18(16,17)11-6-13-7-14-11/h2-4,6-7,15H,1H3,(H,13,14). The predicted molar refractivity (Wildman–Crippen MR) is 65.3 cm³/mol. The number of aromatic nitrogens is 2. The molecule has 0 atom stereocenters. The molecule has 2 aromatic rings. The second-order valence-corrected chi connectivity index (χ2v) is 5.31. The van der Waals surface area contributed by atoms with Crippen LogP contribution in [-0.4, -0.2) is 18.4 Å². The molecule has 0 amide bonds. The van der Waals surface area contributed by atoms with E-state index in [2.05, 4.69) is 14.7 Å². The lowest BCUT2D eigenvalue weighted by molar-refractivity contribution is 0.598. The second-order valence-electron chi connectivity index (χ2n) is 3.66. The van der Waals surface area contributed by atoms with Crippen molar-refractivity contribution in [2.75, 3.05) is 4.72 Å². The Morgan fingerprint density at radius 3 is 2.83 bits per heavy atom. The van der Waals surface area contributed by atoms with E-state index in [0.717, 1.165) is 5.56 Å². The highest BCUT2D eigenvalue weighted by Gasteiger charge is 2.16. The maximum absolute atomic E-state index is 11.9.